The highest BCUT2D eigenvalue weighted by Gasteiger charge is 2.26. The number of rotatable bonds is 4. The quantitative estimate of drug-likeness (QED) is 0.691. The highest BCUT2D eigenvalue weighted by Crippen LogP contribution is 2.40. The Hall–Kier alpha value is -1.05. The van der Waals surface area contributed by atoms with Gasteiger partial charge in [0.1, 0.15) is 6.10 Å². The van der Waals surface area contributed by atoms with Gasteiger partial charge in [-0.15, -0.1) is 0 Å². The lowest BCUT2D eigenvalue weighted by molar-refractivity contribution is -0.144. The fourth-order valence-corrected chi connectivity index (χ4v) is 2.69. The van der Waals surface area contributed by atoms with Gasteiger partial charge in [0.2, 0.25) is 0 Å². The van der Waals surface area contributed by atoms with Crippen molar-refractivity contribution in [3.8, 4) is 0 Å². The van der Waals surface area contributed by atoms with E-state index in [-0.39, 0.29) is 17.5 Å². The SMILES string of the molecule is CC[C@H](/C=C\C1=C(C)CCCC1(C)C)OC(C)=O. The fourth-order valence-electron chi connectivity index (χ4n) is 2.69. The number of ether oxygens (including phenoxy) is 1. The molecule has 0 unspecified atom stereocenters. The zero-order chi connectivity index (χ0) is 13.8. The van der Waals surface area contributed by atoms with Crippen LogP contribution >= 0.6 is 0 Å². The molecule has 18 heavy (non-hydrogen) atoms. The van der Waals surface area contributed by atoms with Crippen LogP contribution in [0.1, 0.15) is 60.3 Å². The van der Waals surface area contributed by atoms with Crippen molar-refractivity contribution in [2.24, 2.45) is 5.41 Å². The summed E-state index contributed by atoms with van der Waals surface area (Å²) in [6.45, 7) is 10.3. The molecule has 0 N–H and O–H groups in total. The lowest BCUT2D eigenvalue weighted by Crippen LogP contribution is -2.20. The van der Waals surface area contributed by atoms with E-state index in [1.807, 2.05) is 13.0 Å². The topological polar surface area (TPSA) is 26.3 Å². The van der Waals surface area contributed by atoms with Crippen molar-refractivity contribution in [2.75, 3.05) is 0 Å². The Morgan fingerprint density at radius 3 is 2.67 bits per heavy atom. The molecule has 0 saturated carbocycles. The zero-order valence-corrected chi connectivity index (χ0v) is 12.4. The summed E-state index contributed by atoms with van der Waals surface area (Å²) < 4.78 is 5.25. The van der Waals surface area contributed by atoms with Crippen LogP contribution in [0.5, 0.6) is 0 Å². The molecule has 0 fully saturated rings. The molecule has 2 heteroatoms. The Balaban J connectivity index is 2.83. The van der Waals surface area contributed by atoms with Crippen LogP contribution in [0.15, 0.2) is 23.3 Å². The van der Waals surface area contributed by atoms with Gasteiger partial charge in [0, 0.05) is 6.92 Å². The van der Waals surface area contributed by atoms with E-state index in [1.165, 1.54) is 37.3 Å². The molecule has 1 rings (SSSR count). The third kappa shape index (κ3) is 4.01. The molecule has 1 aliphatic carbocycles. The number of allylic oxidation sites excluding steroid dienone is 3. The summed E-state index contributed by atoms with van der Waals surface area (Å²) in [5.74, 6) is -0.208. The predicted molar refractivity (Wildman–Crippen MR) is 75.3 cm³/mol. The van der Waals surface area contributed by atoms with E-state index in [0.717, 1.165) is 6.42 Å². The first kappa shape index (κ1) is 15.0. The molecule has 2 nitrogen and oxygen atoms in total. The zero-order valence-electron chi connectivity index (χ0n) is 12.4. The summed E-state index contributed by atoms with van der Waals surface area (Å²) in [5.41, 5.74) is 3.13. The van der Waals surface area contributed by atoms with E-state index >= 15 is 0 Å². The van der Waals surface area contributed by atoms with E-state index in [4.69, 9.17) is 4.74 Å². The summed E-state index contributed by atoms with van der Waals surface area (Å²) in [7, 11) is 0. The molecular weight excluding hydrogens is 224 g/mol. The normalized spacial score (nSPS) is 21.2. The molecular formula is C16H26O2. The third-order valence-electron chi connectivity index (χ3n) is 3.74. The van der Waals surface area contributed by atoms with Gasteiger partial charge in [0.05, 0.1) is 0 Å². The molecule has 0 amide bonds. The monoisotopic (exact) mass is 250 g/mol. The summed E-state index contributed by atoms with van der Waals surface area (Å²) in [6, 6.07) is 0. The summed E-state index contributed by atoms with van der Waals surface area (Å²) in [6.07, 6.45) is 8.63. The maximum Gasteiger partial charge on any atom is 0.303 e. The predicted octanol–water partition coefficient (Wildman–Crippen LogP) is 4.41. The number of hydrogen-bond donors (Lipinski definition) is 0. The first-order valence-corrected chi connectivity index (χ1v) is 6.92. The van der Waals surface area contributed by atoms with Crippen LogP contribution < -0.4 is 0 Å². The highest BCUT2D eigenvalue weighted by atomic mass is 16.5. The Morgan fingerprint density at radius 2 is 2.17 bits per heavy atom. The first-order chi connectivity index (χ1) is 8.36. The van der Waals surface area contributed by atoms with Gasteiger partial charge in [-0.2, -0.15) is 0 Å². The second kappa shape index (κ2) is 6.21. The molecule has 1 atom stereocenters. The van der Waals surface area contributed by atoms with Gasteiger partial charge in [0.25, 0.3) is 0 Å². The number of esters is 1. The van der Waals surface area contributed by atoms with Gasteiger partial charge in [0.15, 0.2) is 0 Å². The van der Waals surface area contributed by atoms with E-state index in [1.54, 1.807) is 0 Å². The number of hydrogen-bond acceptors (Lipinski definition) is 2. The van der Waals surface area contributed by atoms with Gasteiger partial charge < -0.3 is 4.74 Å². The molecule has 0 aliphatic heterocycles. The van der Waals surface area contributed by atoms with E-state index < -0.39 is 0 Å². The van der Waals surface area contributed by atoms with Crippen molar-refractivity contribution in [1.82, 2.24) is 0 Å². The lowest BCUT2D eigenvalue weighted by atomic mass is 9.72. The summed E-state index contributed by atoms with van der Waals surface area (Å²) in [4.78, 5) is 11.0. The molecule has 102 valence electrons. The van der Waals surface area contributed by atoms with Crippen LogP contribution in [0.3, 0.4) is 0 Å². The van der Waals surface area contributed by atoms with E-state index in [2.05, 4.69) is 26.8 Å². The first-order valence-electron chi connectivity index (χ1n) is 6.92. The Labute approximate surface area is 111 Å². The minimum absolute atomic E-state index is 0.0967. The molecule has 0 bridgehead atoms. The van der Waals surface area contributed by atoms with E-state index in [9.17, 15) is 4.79 Å². The van der Waals surface area contributed by atoms with Crippen LogP contribution in [0.2, 0.25) is 0 Å². The van der Waals surface area contributed by atoms with Gasteiger partial charge in [-0.1, -0.05) is 32.4 Å². The molecule has 0 aromatic heterocycles. The number of carbonyl (C=O) groups excluding carboxylic acids is 1. The van der Waals surface area contributed by atoms with Crippen LogP contribution in [0.4, 0.5) is 0 Å². The molecule has 0 spiro atoms. The Kier molecular flexibility index (Phi) is 5.18. The second-order valence-corrected chi connectivity index (χ2v) is 5.85. The minimum Gasteiger partial charge on any atom is -0.458 e. The van der Waals surface area contributed by atoms with Crippen LogP contribution in [0.25, 0.3) is 0 Å². The molecule has 0 aromatic rings. The molecule has 1 aliphatic rings. The van der Waals surface area contributed by atoms with E-state index in [0.29, 0.717) is 0 Å². The third-order valence-corrected chi connectivity index (χ3v) is 3.74. The van der Waals surface area contributed by atoms with Crippen LogP contribution in [-0.2, 0) is 9.53 Å². The van der Waals surface area contributed by atoms with Crippen molar-refractivity contribution in [2.45, 2.75) is 66.4 Å². The van der Waals surface area contributed by atoms with Crippen molar-refractivity contribution < 1.29 is 9.53 Å². The average Bonchev–Trinajstić information content (AvgIpc) is 2.25. The van der Waals surface area contributed by atoms with Crippen LogP contribution in [-0.4, -0.2) is 12.1 Å². The Morgan fingerprint density at radius 1 is 1.50 bits per heavy atom. The molecule has 0 radical (unpaired) electrons. The lowest BCUT2D eigenvalue weighted by Gasteiger charge is -2.33. The second-order valence-electron chi connectivity index (χ2n) is 5.85. The largest absolute Gasteiger partial charge is 0.458 e. The standard InChI is InChI=1S/C16H26O2/c1-6-14(18-13(3)17)9-10-15-12(2)8-7-11-16(15,4)5/h9-10,14H,6-8,11H2,1-5H3/b10-9-/t14-/m1/s1. The summed E-state index contributed by atoms with van der Waals surface area (Å²) >= 11 is 0. The average molecular weight is 250 g/mol. The molecule has 0 aromatic carbocycles. The van der Waals surface area contributed by atoms with Crippen molar-refractivity contribution >= 4 is 5.97 Å². The fraction of sp³-hybridized carbons (Fsp3) is 0.688. The maximum atomic E-state index is 11.0. The summed E-state index contributed by atoms with van der Waals surface area (Å²) in [5, 5.41) is 0. The van der Waals surface area contributed by atoms with Crippen LogP contribution in [0, 0.1) is 5.41 Å². The van der Waals surface area contributed by atoms with Gasteiger partial charge in [-0.3, -0.25) is 4.79 Å². The smallest absolute Gasteiger partial charge is 0.303 e. The Bertz CT molecular complexity index is 361. The minimum atomic E-state index is -0.208. The van der Waals surface area contributed by atoms with Crippen molar-refractivity contribution in [1.29, 1.82) is 0 Å². The van der Waals surface area contributed by atoms with Gasteiger partial charge >= 0.3 is 5.97 Å². The number of carbonyl (C=O) groups is 1. The van der Waals surface area contributed by atoms with Crippen molar-refractivity contribution in [3.05, 3.63) is 23.3 Å². The molecule has 0 saturated heterocycles. The van der Waals surface area contributed by atoms with Crippen molar-refractivity contribution in [3.63, 3.8) is 0 Å². The van der Waals surface area contributed by atoms with Gasteiger partial charge in [-0.25, -0.2) is 0 Å². The molecule has 0 heterocycles. The highest BCUT2D eigenvalue weighted by molar-refractivity contribution is 5.66. The maximum absolute atomic E-state index is 11.0. The van der Waals surface area contributed by atoms with Gasteiger partial charge in [-0.05, 0) is 49.7 Å².